The summed E-state index contributed by atoms with van der Waals surface area (Å²) in [5.41, 5.74) is 0. The molecule has 2 saturated carbocycles. The van der Waals surface area contributed by atoms with Crippen molar-refractivity contribution < 1.29 is 4.74 Å². The van der Waals surface area contributed by atoms with E-state index in [1.54, 1.807) is 0 Å². The summed E-state index contributed by atoms with van der Waals surface area (Å²) >= 11 is 0. The van der Waals surface area contributed by atoms with E-state index in [2.05, 4.69) is 17.6 Å². The highest BCUT2D eigenvalue weighted by molar-refractivity contribution is 14.0. The summed E-state index contributed by atoms with van der Waals surface area (Å²) in [5, 5.41) is 7.03. The van der Waals surface area contributed by atoms with E-state index in [1.807, 2.05) is 0 Å². The second-order valence-corrected chi connectivity index (χ2v) is 6.90. The quantitative estimate of drug-likeness (QED) is 0.407. The Morgan fingerprint density at radius 1 is 1.14 bits per heavy atom. The van der Waals surface area contributed by atoms with Gasteiger partial charge in [0.1, 0.15) is 0 Å². The fourth-order valence-electron chi connectivity index (χ4n) is 3.94. The molecule has 0 aromatic heterocycles. The number of rotatable bonds is 5. The first kappa shape index (κ1) is 18.3. The van der Waals surface area contributed by atoms with Crippen molar-refractivity contribution in [3.05, 3.63) is 0 Å². The predicted molar refractivity (Wildman–Crippen MR) is 102 cm³/mol. The third-order valence-electron chi connectivity index (χ3n) is 5.24. The third-order valence-corrected chi connectivity index (χ3v) is 5.24. The lowest BCUT2D eigenvalue weighted by molar-refractivity contribution is 0.117. The maximum absolute atomic E-state index is 5.66. The highest BCUT2D eigenvalue weighted by atomic mass is 127. The van der Waals surface area contributed by atoms with Crippen LogP contribution in [0.1, 0.15) is 58.3 Å². The van der Waals surface area contributed by atoms with Crippen LogP contribution in [0, 0.1) is 11.8 Å². The van der Waals surface area contributed by atoms with Crippen molar-refractivity contribution in [3.63, 3.8) is 0 Å². The zero-order valence-corrected chi connectivity index (χ0v) is 16.2. The minimum Gasteiger partial charge on any atom is -0.376 e. The summed E-state index contributed by atoms with van der Waals surface area (Å²) in [5.74, 6) is 2.87. The van der Waals surface area contributed by atoms with Crippen LogP contribution in [0.3, 0.4) is 0 Å². The van der Waals surface area contributed by atoms with Gasteiger partial charge in [-0.3, -0.25) is 4.99 Å². The van der Waals surface area contributed by atoms with Gasteiger partial charge in [-0.2, -0.15) is 0 Å². The molecule has 0 spiro atoms. The van der Waals surface area contributed by atoms with Crippen molar-refractivity contribution in [1.82, 2.24) is 10.6 Å². The molecule has 0 aromatic carbocycles. The van der Waals surface area contributed by atoms with Gasteiger partial charge in [-0.25, -0.2) is 0 Å². The summed E-state index contributed by atoms with van der Waals surface area (Å²) in [7, 11) is 0. The Morgan fingerprint density at radius 2 is 1.95 bits per heavy atom. The van der Waals surface area contributed by atoms with Gasteiger partial charge < -0.3 is 15.4 Å². The first-order valence-corrected chi connectivity index (χ1v) is 9.03. The minimum absolute atomic E-state index is 0. The summed E-state index contributed by atoms with van der Waals surface area (Å²) < 4.78 is 5.66. The van der Waals surface area contributed by atoms with Crippen LogP contribution in [-0.2, 0) is 4.74 Å². The average molecular weight is 421 g/mol. The monoisotopic (exact) mass is 421 g/mol. The van der Waals surface area contributed by atoms with Crippen molar-refractivity contribution in [2.24, 2.45) is 16.8 Å². The van der Waals surface area contributed by atoms with Crippen molar-refractivity contribution in [3.8, 4) is 0 Å². The lowest BCUT2D eigenvalue weighted by Gasteiger charge is -2.22. The number of nitrogens with one attached hydrogen (secondary N) is 2. The third kappa shape index (κ3) is 5.25. The summed E-state index contributed by atoms with van der Waals surface area (Å²) in [6, 6.07) is 0.662. The standard InChI is InChI=1S/C17H31N3O.HI/c1-2-18-17(19-12-14-9-6-10-21-14)20-16-11-15(16)13-7-4-3-5-8-13;/h13-16H,2-12H2,1H3,(H2,18,19,20);1H. The second kappa shape index (κ2) is 9.30. The smallest absolute Gasteiger partial charge is 0.191 e. The predicted octanol–water partition coefficient (Wildman–Crippen LogP) is 3.31. The molecule has 2 N–H and O–H groups in total. The van der Waals surface area contributed by atoms with Crippen molar-refractivity contribution in [2.45, 2.75) is 70.4 Å². The van der Waals surface area contributed by atoms with Gasteiger partial charge in [0, 0.05) is 19.2 Å². The van der Waals surface area contributed by atoms with Gasteiger partial charge in [0.25, 0.3) is 0 Å². The van der Waals surface area contributed by atoms with Gasteiger partial charge in [0.15, 0.2) is 5.96 Å². The Morgan fingerprint density at radius 3 is 2.64 bits per heavy atom. The van der Waals surface area contributed by atoms with Crippen molar-refractivity contribution >= 4 is 29.9 Å². The molecule has 0 bridgehead atoms. The maximum Gasteiger partial charge on any atom is 0.191 e. The van der Waals surface area contributed by atoms with Crippen LogP contribution in [-0.4, -0.2) is 37.8 Å². The molecule has 3 aliphatic rings. The largest absolute Gasteiger partial charge is 0.376 e. The molecule has 22 heavy (non-hydrogen) atoms. The lowest BCUT2D eigenvalue weighted by Crippen LogP contribution is -2.40. The number of ether oxygens (including phenoxy) is 1. The van der Waals surface area contributed by atoms with Crippen molar-refractivity contribution in [1.29, 1.82) is 0 Å². The molecule has 3 fully saturated rings. The van der Waals surface area contributed by atoms with Gasteiger partial charge in [-0.15, -0.1) is 24.0 Å². The number of hydrogen-bond acceptors (Lipinski definition) is 2. The van der Waals surface area contributed by atoms with Gasteiger partial charge in [0.05, 0.1) is 12.6 Å². The Bertz CT molecular complexity index is 352. The molecular weight excluding hydrogens is 389 g/mol. The maximum atomic E-state index is 5.66. The molecule has 1 heterocycles. The first-order valence-electron chi connectivity index (χ1n) is 9.03. The molecular formula is C17H32IN3O. The van der Waals surface area contributed by atoms with E-state index >= 15 is 0 Å². The van der Waals surface area contributed by atoms with Crippen LogP contribution in [0.2, 0.25) is 0 Å². The molecule has 4 nitrogen and oxygen atoms in total. The number of halogens is 1. The molecule has 5 heteroatoms. The molecule has 3 unspecified atom stereocenters. The van der Waals surface area contributed by atoms with E-state index in [0.717, 1.165) is 43.9 Å². The highest BCUT2D eigenvalue weighted by Crippen LogP contribution is 2.44. The minimum atomic E-state index is 0. The van der Waals surface area contributed by atoms with Gasteiger partial charge in [-0.05, 0) is 38.0 Å². The normalized spacial score (nSPS) is 32.4. The van der Waals surface area contributed by atoms with Gasteiger partial charge >= 0.3 is 0 Å². The topological polar surface area (TPSA) is 45.7 Å². The van der Waals surface area contributed by atoms with Crippen LogP contribution < -0.4 is 10.6 Å². The van der Waals surface area contributed by atoms with E-state index in [0.29, 0.717) is 12.1 Å². The van der Waals surface area contributed by atoms with E-state index < -0.39 is 0 Å². The van der Waals surface area contributed by atoms with Crippen LogP contribution >= 0.6 is 24.0 Å². The fourth-order valence-corrected chi connectivity index (χ4v) is 3.94. The summed E-state index contributed by atoms with van der Waals surface area (Å²) in [6.07, 6.45) is 11.3. The van der Waals surface area contributed by atoms with Crippen LogP contribution in [0.5, 0.6) is 0 Å². The SMILES string of the molecule is CCNC(=NCC1CCCO1)NC1CC1C1CCCCC1.I. The average Bonchev–Trinajstić information content (AvgIpc) is 3.08. The molecule has 0 amide bonds. The number of nitrogens with zero attached hydrogens (tertiary/aromatic N) is 1. The number of guanidine groups is 1. The Hall–Kier alpha value is -0.0400. The zero-order chi connectivity index (χ0) is 14.5. The molecule has 2 aliphatic carbocycles. The van der Waals surface area contributed by atoms with E-state index in [1.165, 1.54) is 44.9 Å². The van der Waals surface area contributed by atoms with E-state index in [4.69, 9.17) is 9.73 Å². The Balaban J connectivity index is 0.00000176. The Labute approximate surface area is 152 Å². The van der Waals surface area contributed by atoms with Crippen LogP contribution in [0.15, 0.2) is 4.99 Å². The van der Waals surface area contributed by atoms with E-state index in [-0.39, 0.29) is 24.0 Å². The Kier molecular flexibility index (Phi) is 7.74. The van der Waals surface area contributed by atoms with Crippen LogP contribution in [0.25, 0.3) is 0 Å². The molecule has 1 aliphatic heterocycles. The van der Waals surface area contributed by atoms with Crippen molar-refractivity contribution in [2.75, 3.05) is 19.7 Å². The van der Waals surface area contributed by atoms with Crippen LogP contribution in [0.4, 0.5) is 0 Å². The fraction of sp³-hybridized carbons (Fsp3) is 0.941. The molecule has 0 radical (unpaired) electrons. The number of aliphatic imine (C=N–C) groups is 1. The highest BCUT2D eigenvalue weighted by Gasteiger charge is 2.43. The molecule has 128 valence electrons. The zero-order valence-electron chi connectivity index (χ0n) is 13.9. The van der Waals surface area contributed by atoms with Gasteiger partial charge in [0.2, 0.25) is 0 Å². The molecule has 1 saturated heterocycles. The number of hydrogen-bond donors (Lipinski definition) is 2. The summed E-state index contributed by atoms with van der Waals surface area (Å²) in [4.78, 5) is 4.72. The van der Waals surface area contributed by atoms with E-state index in [9.17, 15) is 0 Å². The molecule has 3 atom stereocenters. The summed E-state index contributed by atoms with van der Waals surface area (Å²) in [6.45, 7) is 4.78. The lowest BCUT2D eigenvalue weighted by atomic mass is 9.85. The van der Waals surface area contributed by atoms with Gasteiger partial charge in [-0.1, -0.05) is 32.1 Å². The molecule has 0 aromatic rings. The second-order valence-electron chi connectivity index (χ2n) is 6.90. The molecule has 3 rings (SSSR count). The first-order chi connectivity index (χ1) is 10.4.